The van der Waals surface area contributed by atoms with Gasteiger partial charge in [0.25, 0.3) is 5.91 Å². The minimum absolute atomic E-state index is 0.165. The summed E-state index contributed by atoms with van der Waals surface area (Å²) in [6, 6.07) is 3.31. The highest BCUT2D eigenvalue weighted by atomic mass is 16.2. The van der Waals surface area contributed by atoms with Crippen molar-refractivity contribution in [1.82, 2.24) is 20.1 Å². The molecule has 0 aliphatic heterocycles. The second-order valence-electron chi connectivity index (χ2n) is 4.39. The van der Waals surface area contributed by atoms with Crippen molar-refractivity contribution in [2.45, 2.75) is 13.3 Å². The van der Waals surface area contributed by atoms with E-state index in [0.29, 0.717) is 13.0 Å². The molecule has 0 spiro atoms. The number of carbonyl (C=O) groups excluding carboxylic acids is 1. The first-order valence-corrected chi connectivity index (χ1v) is 6.01. The average molecular weight is 260 g/mol. The van der Waals surface area contributed by atoms with Crippen LogP contribution in [0, 0.1) is 6.92 Å². The van der Waals surface area contributed by atoms with Crippen LogP contribution in [0.3, 0.4) is 0 Å². The maximum absolute atomic E-state index is 11.9. The minimum Gasteiger partial charge on any atom is -0.354 e. The first-order valence-electron chi connectivity index (χ1n) is 6.01. The number of carbonyl (C=O) groups is 1. The molecule has 2 N–H and O–H groups in total. The van der Waals surface area contributed by atoms with Crippen molar-refractivity contribution in [3.8, 4) is 0 Å². The minimum atomic E-state index is -0.347. The summed E-state index contributed by atoms with van der Waals surface area (Å²) >= 11 is 0. The molecule has 6 nitrogen and oxygen atoms in total. The molecule has 19 heavy (non-hydrogen) atoms. The number of aromatic amines is 1. The normalized spacial score (nSPS) is 10.4. The van der Waals surface area contributed by atoms with Gasteiger partial charge in [-0.25, -0.2) is 0 Å². The van der Waals surface area contributed by atoms with Gasteiger partial charge in [-0.1, -0.05) is 0 Å². The molecule has 1 amide bonds. The third-order valence-electron chi connectivity index (χ3n) is 2.97. The Morgan fingerprint density at radius 1 is 1.53 bits per heavy atom. The van der Waals surface area contributed by atoms with Crippen LogP contribution in [0.1, 0.15) is 21.7 Å². The third-order valence-corrected chi connectivity index (χ3v) is 2.97. The fraction of sp³-hybridized carbons (Fsp3) is 0.308. The van der Waals surface area contributed by atoms with Crippen LogP contribution in [-0.2, 0) is 13.5 Å². The van der Waals surface area contributed by atoms with E-state index in [2.05, 4.69) is 15.5 Å². The Hall–Kier alpha value is -2.37. The molecule has 0 saturated carbocycles. The van der Waals surface area contributed by atoms with Crippen molar-refractivity contribution in [2.24, 2.45) is 7.05 Å². The SMILES string of the molecule is Cc1cc(=O)c(C(=O)NCCc2ccn[nH]2)cn1C. The molecule has 0 aliphatic rings. The lowest BCUT2D eigenvalue weighted by Crippen LogP contribution is -2.31. The van der Waals surface area contributed by atoms with Crippen molar-refractivity contribution < 1.29 is 4.79 Å². The van der Waals surface area contributed by atoms with Gasteiger partial charge in [0.15, 0.2) is 5.43 Å². The van der Waals surface area contributed by atoms with E-state index in [1.807, 2.05) is 13.0 Å². The van der Waals surface area contributed by atoms with Gasteiger partial charge in [0.2, 0.25) is 0 Å². The highest BCUT2D eigenvalue weighted by Gasteiger charge is 2.10. The molecule has 0 atom stereocenters. The van der Waals surface area contributed by atoms with Crippen molar-refractivity contribution in [2.75, 3.05) is 6.54 Å². The predicted molar refractivity (Wildman–Crippen MR) is 71.0 cm³/mol. The smallest absolute Gasteiger partial charge is 0.256 e. The average Bonchev–Trinajstić information content (AvgIpc) is 2.86. The molecule has 2 aromatic rings. The highest BCUT2D eigenvalue weighted by molar-refractivity contribution is 5.93. The molecular weight excluding hydrogens is 244 g/mol. The maximum atomic E-state index is 11.9. The van der Waals surface area contributed by atoms with E-state index in [9.17, 15) is 9.59 Å². The summed E-state index contributed by atoms with van der Waals surface area (Å²) in [5, 5.41) is 9.36. The molecule has 0 saturated heterocycles. The van der Waals surface area contributed by atoms with Gasteiger partial charge >= 0.3 is 0 Å². The Bertz CT molecular complexity index is 629. The molecule has 0 fully saturated rings. The molecule has 0 unspecified atom stereocenters. The summed E-state index contributed by atoms with van der Waals surface area (Å²) in [7, 11) is 1.80. The lowest BCUT2D eigenvalue weighted by atomic mass is 10.2. The van der Waals surface area contributed by atoms with Gasteiger partial charge in [-0.15, -0.1) is 0 Å². The van der Waals surface area contributed by atoms with E-state index in [1.54, 1.807) is 24.0 Å². The number of hydrogen-bond donors (Lipinski definition) is 2. The van der Waals surface area contributed by atoms with E-state index in [0.717, 1.165) is 11.4 Å². The number of aromatic nitrogens is 3. The Kier molecular flexibility index (Phi) is 3.79. The Labute approximate surface area is 110 Å². The predicted octanol–water partition coefficient (Wildman–Crippen LogP) is 0.389. The van der Waals surface area contributed by atoms with Gasteiger partial charge in [-0.3, -0.25) is 14.7 Å². The molecule has 0 aromatic carbocycles. The quantitative estimate of drug-likeness (QED) is 0.834. The first kappa shape index (κ1) is 13.1. The van der Waals surface area contributed by atoms with Crippen LogP contribution < -0.4 is 10.7 Å². The third kappa shape index (κ3) is 3.09. The van der Waals surface area contributed by atoms with Crippen LogP contribution in [0.15, 0.2) is 29.3 Å². The van der Waals surface area contributed by atoms with Gasteiger partial charge in [-0.2, -0.15) is 5.10 Å². The topological polar surface area (TPSA) is 79.8 Å². The number of rotatable bonds is 4. The monoisotopic (exact) mass is 260 g/mol. The van der Waals surface area contributed by atoms with Crippen LogP contribution >= 0.6 is 0 Å². The zero-order valence-electron chi connectivity index (χ0n) is 10.9. The van der Waals surface area contributed by atoms with E-state index < -0.39 is 0 Å². The molecule has 0 aliphatic carbocycles. The van der Waals surface area contributed by atoms with Crippen LogP contribution in [-0.4, -0.2) is 27.2 Å². The largest absolute Gasteiger partial charge is 0.354 e. The number of hydrogen-bond acceptors (Lipinski definition) is 3. The molecule has 0 bridgehead atoms. The number of nitrogens with zero attached hydrogens (tertiary/aromatic N) is 2. The molecule has 2 rings (SSSR count). The fourth-order valence-corrected chi connectivity index (χ4v) is 1.73. The van der Waals surface area contributed by atoms with Crippen LogP contribution in [0.25, 0.3) is 0 Å². The summed E-state index contributed by atoms with van der Waals surface area (Å²) in [6.07, 6.45) is 3.87. The summed E-state index contributed by atoms with van der Waals surface area (Å²) in [4.78, 5) is 23.6. The molecule has 2 heterocycles. The van der Waals surface area contributed by atoms with Crippen LogP contribution in [0.2, 0.25) is 0 Å². The number of aryl methyl sites for hydroxylation is 2. The second-order valence-corrected chi connectivity index (χ2v) is 4.39. The van der Waals surface area contributed by atoms with Crippen LogP contribution in [0.5, 0.6) is 0 Å². The van der Waals surface area contributed by atoms with Gasteiger partial charge in [0.1, 0.15) is 5.56 Å². The zero-order valence-corrected chi connectivity index (χ0v) is 10.9. The summed E-state index contributed by atoms with van der Waals surface area (Å²) < 4.78 is 1.76. The molecule has 2 aromatic heterocycles. The maximum Gasteiger partial charge on any atom is 0.256 e. The first-order chi connectivity index (χ1) is 9.08. The lowest BCUT2D eigenvalue weighted by Gasteiger charge is -2.07. The number of amides is 1. The molecule has 6 heteroatoms. The number of pyridine rings is 1. The fourth-order valence-electron chi connectivity index (χ4n) is 1.73. The Morgan fingerprint density at radius 2 is 2.32 bits per heavy atom. The van der Waals surface area contributed by atoms with Crippen LogP contribution in [0.4, 0.5) is 0 Å². The Morgan fingerprint density at radius 3 is 3.00 bits per heavy atom. The molecular formula is C13H16N4O2. The Balaban J connectivity index is 2.00. The molecule has 0 radical (unpaired) electrons. The second kappa shape index (κ2) is 5.51. The van der Waals surface area contributed by atoms with Crippen molar-refractivity contribution in [3.63, 3.8) is 0 Å². The van der Waals surface area contributed by atoms with Gasteiger partial charge in [0, 0.05) is 49.9 Å². The highest BCUT2D eigenvalue weighted by Crippen LogP contribution is 1.97. The van der Waals surface area contributed by atoms with E-state index >= 15 is 0 Å². The summed E-state index contributed by atoms with van der Waals surface area (Å²) in [5.41, 5.74) is 1.67. The van der Waals surface area contributed by atoms with Gasteiger partial charge in [0.05, 0.1) is 0 Å². The summed E-state index contributed by atoms with van der Waals surface area (Å²) in [5.74, 6) is -0.347. The number of H-pyrrole nitrogens is 1. The number of nitrogens with one attached hydrogen (secondary N) is 2. The summed E-state index contributed by atoms with van der Waals surface area (Å²) in [6.45, 7) is 2.28. The van der Waals surface area contributed by atoms with Crippen molar-refractivity contribution in [3.05, 3.63) is 51.7 Å². The van der Waals surface area contributed by atoms with Crippen molar-refractivity contribution in [1.29, 1.82) is 0 Å². The van der Waals surface area contributed by atoms with E-state index in [-0.39, 0.29) is 16.9 Å². The van der Waals surface area contributed by atoms with Gasteiger partial charge in [-0.05, 0) is 13.0 Å². The van der Waals surface area contributed by atoms with E-state index in [4.69, 9.17) is 0 Å². The van der Waals surface area contributed by atoms with Gasteiger partial charge < -0.3 is 9.88 Å². The standard InChI is InChI=1S/C13H16N4O2/c1-9-7-12(18)11(8-17(9)2)13(19)14-5-3-10-4-6-15-16-10/h4,6-8H,3,5H2,1-2H3,(H,14,19)(H,15,16). The molecule has 100 valence electrons. The van der Waals surface area contributed by atoms with Crippen molar-refractivity contribution >= 4 is 5.91 Å². The lowest BCUT2D eigenvalue weighted by molar-refractivity contribution is 0.0952. The zero-order chi connectivity index (χ0) is 13.8. The van der Waals surface area contributed by atoms with E-state index in [1.165, 1.54) is 6.07 Å².